The number of esters is 1. The van der Waals surface area contributed by atoms with Gasteiger partial charge in [0.15, 0.2) is 12.4 Å². The molecule has 11 nitrogen and oxygen atoms in total. The molecule has 1 aliphatic heterocycles. The monoisotopic (exact) mass is 1090 g/mol. The number of allylic oxidation sites excluding steroid dienone is 3. The molecule has 8 atom stereocenters. The van der Waals surface area contributed by atoms with E-state index >= 15 is 0 Å². The maximum atomic E-state index is 13.4. The van der Waals surface area contributed by atoms with Gasteiger partial charge in [-0.25, -0.2) is 0 Å². The van der Waals surface area contributed by atoms with Crippen molar-refractivity contribution in [2.45, 2.75) is 372 Å². The second-order valence-electron chi connectivity index (χ2n) is 23.2. The molecule has 1 rings (SSSR count). The third-order valence-electron chi connectivity index (χ3n) is 15.9. The molecule has 1 fully saturated rings. The first-order valence-electron chi connectivity index (χ1n) is 33.1. The number of unbranched alkanes of at least 4 members (excludes halogenated alkanes) is 41. The van der Waals surface area contributed by atoms with Crippen LogP contribution in [0.5, 0.6) is 0 Å². The summed E-state index contributed by atoms with van der Waals surface area (Å²) in [6.45, 7) is 5.82. The van der Waals surface area contributed by atoms with Gasteiger partial charge < -0.3 is 45.1 Å². The Balaban J connectivity index is 2.59. The maximum absolute atomic E-state index is 13.4. The maximum Gasteiger partial charge on any atom is 0.306 e. The topological polar surface area (TPSA) is 175 Å². The molecule has 0 spiro atoms. The highest BCUT2D eigenvalue weighted by Gasteiger charge is 2.47. The number of hydrogen-bond acceptors (Lipinski definition) is 10. The van der Waals surface area contributed by atoms with E-state index < -0.39 is 67.4 Å². The van der Waals surface area contributed by atoms with Crippen molar-refractivity contribution in [1.82, 2.24) is 5.32 Å². The largest absolute Gasteiger partial charge is 0.454 e. The molecule has 0 bridgehead atoms. The molecule has 77 heavy (non-hydrogen) atoms. The molecule has 0 aromatic heterocycles. The summed E-state index contributed by atoms with van der Waals surface area (Å²) in [5.41, 5.74) is 0. The van der Waals surface area contributed by atoms with Crippen LogP contribution in [0.15, 0.2) is 24.3 Å². The Morgan fingerprint density at radius 3 is 1.26 bits per heavy atom. The van der Waals surface area contributed by atoms with Gasteiger partial charge in [0, 0.05) is 6.42 Å². The van der Waals surface area contributed by atoms with Crippen LogP contribution in [0.25, 0.3) is 0 Å². The van der Waals surface area contributed by atoms with Crippen LogP contribution in [0.3, 0.4) is 0 Å². The van der Waals surface area contributed by atoms with Gasteiger partial charge in [0.05, 0.1) is 25.4 Å². The molecule has 11 heteroatoms. The van der Waals surface area contributed by atoms with Crippen LogP contribution in [0.1, 0.15) is 323 Å². The zero-order chi connectivity index (χ0) is 56.1. The van der Waals surface area contributed by atoms with Gasteiger partial charge in [-0.15, -0.1) is 0 Å². The van der Waals surface area contributed by atoms with Crippen molar-refractivity contribution in [2.24, 2.45) is 0 Å². The highest BCUT2D eigenvalue weighted by atomic mass is 16.7. The lowest BCUT2D eigenvalue weighted by Crippen LogP contribution is -2.61. The summed E-state index contributed by atoms with van der Waals surface area (Å²) in [5, 5.41) is 57.0. The minimum atomic E-state index is -1.61. The Hall–Kier alpha value is -1.86. The molecule has 0 aromatic rings. The Morgan fingerprint density at radius 1 is 0.494 bits per heavy atom. The fourth-order valence-corrected chi connectivity index (χ4v) is 10.6. The second kappa shape index (κ2) is 54.7. The van der Waals surface area contributed by atoms with E-state index in [9.17, 15) is 35.1 Å². The van der Waals surface area contributed by atoms with Gasteiger partial charge in [0.2, 0.25) is 5.91 Å². The normalized spacial score (nSPS) is 19.1. The number of nitrogens with one attached hydrogen (secondary N) is 1. The first kappa shape index (κ1) is 73.2. The molecule has 0 saturated carbocycles. The molecule has 0 aliphatic carbocycles. The van der Waals surface area contributed by atoms with Gasteiger partial charge in [-0.05, 0) is 51.4 Å². The van der Waals surface area contributed by atoms with Crippen molar-refractivity contribution < 1.29 is 49.3 Å². The molecule has 6 N–H and O–H groups in total. The van der Waals surface area contributed by atoms with Gasteiger partial charge in [0.25, 0.3) is 0 Å². The third-order valence-corrected chi connectivity index (χ3v) is 15.9. The molecular weight excluding hydrogens is 967 g/mol. The number of aliphatic hydroxyl groups is 5. The molecule has 0 aromatic carbocycles. The lowest BCUT2D eigenvalue weighted by molar-refractivity contribution is -0.305. The summed E-state index contributed by atoms with van der Waals surface area (Å²) in [6, 6.07) is -1.02. The van der Waals surface area contributed by atoms with Crippen LogP contribution in [-0.2, 0) is 23.8 Å². The average molecular weight is 1090 g/mol. The van der Waals surface area contributed by atoms with E-state index in [1.165, 1.54) is 218 Å². The zero-order valence-corrected chi connectivity index (χ0v) is 50.4. The molecule has 0 radical (unpaired) electrons. The standard InChI is InChI=1S/C66H125NO10/c1-4-7-10-13-16-19-22-25-26-27-28-29-30-31-32-33-34-36-39-42-45-48-51-54-61(71)77-64-63(73)62(72)60(55-68)76-66(64)75-56-57(58(69)52-49-46-43-40-38-35-23-20-17-14-11-8-5-2)67-65(74)59(70)53-50-47-44-41-37-24-21-18-15-12-9-6-3/h25-26,49,52,57-60,62-64,66,68-70,72-73H,4-24,27-48,50-51,53-56H2,1-3H3,(H,67,74)/b26-25+,52-49+. The van der Waals surface area contributed by atoms with Crippen molar-refractivity contribution in [3.05, 3.63) is 24.3 Å². The van der Waals surface area contributed by atoms with Crippen molar-refractivity contribution in [1.29, 1.82) is 0 Å². The van der Waals surface area contributed by atoms with Gasteiger partial charge >= 0.3 is 5.97 Å². The van der Waals surface area contributed by atoms with E-state index in [0.717, 1.165) is 57.8 Å². The fraction of sp³-hybridized carbons (Fsp3) is 0.909. The number of carbonyl (C=O) groups is 2. The van der Waals surface area contributed by atoms with Gasteiger partial charge in [-0.3, -0.25) is 9.59 Å². The molecule has 8 unspecified atom stereocenters. The Labute approximate surface area is 473 Å². The van der Waals surface area contributed by atoms with E-state index in [-0.39, 0.29) is 13.0 Å². The van der Waals surface area contributed by atoms with E-state index in [4.69, 9.17) is 14.2 Å². The first-order chi connectivity index (χ1) is 37.7. The summed E-state index contributed by atoms with van der Waals surface area (Å²) in [7, 11) is 0. The van der Waals surface area contributed by atoms with Gasteiger partial charge in [0.1, 0.15) is 24.4 Å². The van der Waals surface area contributed by atoms with Gasteiger partial charge in [-0.1, -0.05) is 289 Å². The summed E-state index contributed by atoms with van der Waals surface area (Å²) < 4.78 is 17.7. The van der Waals surface area contributed by atoms with Crippen LogP contribution in [0.2, 0.25) is 0 Å². The molecule has 454 valence electrons. The second-order valence-corrected chi connectivity index (χ2v) is 23.2. The van der Waals surface area contributed by atoms with Crippen molar-refractivity contribution in [3.63, 3.8) is 0 Å². The number of ether oxygens (including phenoxy) is 3. The summed E-state index contributed by atoms with van der Waals surface area (Å²) in [5.74, 6) is -1.18. The third kappa shape index (κ3) is 42.6. The highest BCUT2D eigenvalue weighted by Crippen LogP contribution is 2.26. The number of aliphatic hydroxyl groups excluding tert-OH is 5. The first-order valence-corrected chi connectivity index (χ1v) is 33.1. The van der Waals surface area contributed by atoms with Crippen LogP contribution in [-0.4, -0.2) is 99.6 Å². The van der Waals surface area contributed by atoms with Gasteiger partial charge in [-0.2, -0.15) is 0 Å². The van der Waals surface area contributed by atoms with Crippen molar-refractivity contribution >= 4 is 11.9 Å². The Bertz CT molecular complexity index is 1350. The molecule has 1 aliphatic rings. The zero-order valence-electron chi connectivity index (χ0n) is 50.4. The fourth-order valence-electron chi connectivity index (χ4n) is 10.6. The lowest BCUT2D eigenvalue weighted by atomic mass is 9.99. The predicted molar refractivity (Wildman–Crippen MR) is 320 cm³/mol. The van der Waals surface area contributed by atoms with E-state index in [2.05, 4.69) is 38.2 Å². The average Bonchev–Trinajstić information content (AvgIpc) is 3.43. The van der Waals surface area contributed by atoms with E-state index in [1.807, 2.05) is 6.08 Å². The summed E-state index contributed by atoms with van der Waals surface area (Å²) in [6.07, 6.45) is 53.6. The molecular formula is C66H125NO10. The lowest BCUT2D eigenvalue weighted by Gasteiger charge is -2.41. The van der Waals surface area contributed by atoms with Crippen molar-refractivity contribution in [2.75, 3.05) is 13.2 Å². The minimum Gasteiger partial charge on any atom is -0.454 e. The summed E-state index contributed by atoms with van der Waals surface area (Å²) >= 11 is 0. The molecule has 1 saturated heterocycles. The Morgan fingerprint density at radius 2 is 0.857 bits per heavy atom. The number of hydrogen-bond donors (Lipinski definition) is 6. The van der Waals surface area contributed by atoms with E-state index in [1.54, 1.807) is 6.08 Å². The van der Waals surface area contributed by atoms with Crippen LogP contribution in [0.4, 0.5) is 0 Å². The Kier molecular flexibility index (Phi) is 52.0. The van der Waals surface area contributed by atoms with Crippen molar-refractivity contribution in [3.8, 4) is 0 Å². The quantitative estimate of drug-likeness (QED) is 0.0195. The van der Waals surface area contributed by atoms with Crippen LogP contribution >= 0.6 is 0 Å². The van der Waals surface area contributed by atoms with Crippen LogP contribution in [0, 0.1) is 0 Å². The molecule has 1 heterocycles. The van der Waals surface area contributed by atoms with E-state index in [0.29, 0.717) is 19.3 Å². The number of amides is 1. The predicted octanol–water partition coefficient (Wildman–Crippen LogP) is 16.1. The SMILES string of the molecule is CCCCCCCC/C=C/CCCCCCCCCCCCCCCC(=O)OC1C(OCC(NC(=O)C(O)CCCCCCCCCCCCCC)C(O)/C=C/CCCCCCCCCCCCC)OC(CO)C(O)C1O. The summed E-state index contributed by atoms with van der Waals surface area (Å²) in [4.78, 5) is 26.6. The van der Waals surface area contributed by atoms with Crippen LogP contribution < -0.4 is 5.32 Å². The minimum absolute atomic E-state index is 0.128. The number of rotatable bonds is 57. The smallest absolute Gasteiger partial charge is 0.306 e. The highest BCUT2D eigenvalue weighted by molar-refractivity contribution is 5.80. The number of carbonyl (C=O) groups excluding carboxylic acids is 2. The molecule has 1 amide bonds.